The maximum Gasteiger partial charge on any atom is 0.254 e. The minimum atomic E-state index is -0.614. The molecular weight excluding hydrogens is 330 g/mol. The Morgan fingerprint density at radius 2 is 1.81 bits per heavy atom. The third kappa shape index (κ3) is 2.27. The number of carbonyl (C=O) groups is 1. The van der Waals surface area contributed by atoms with Gasteiger partial charge in [-0.05, 0) is 53.8 Å². The van der Waals surface area contributed by atoms with Gasteiger partial charge in [0.25, 0.3) is 5.91 Å². The van der Waals surface area contributed by atoms with Crippen LogP contribution < -0.4 is 0 Å². The lowest BCUT2D eigenvalue weighted by Crippen LogP contribution is -2.64. The van der Waals surface area contributed by atoms with Gasteiger partial charge < -0.3 is 10.0 Å². The molecule has 4 heteroatoms. The predicted molar refractivity (Wildman–Crippen MR) is 85.2 cm³/mol. The molecule has 1 aliphatic carbocycles. The van der Waals surface area contributed by atoms with E-state index in [4.69, 9.17) is 0 Å². The summed E-state index contributed by atoms with van der Waals surface area (Å²) in [6, 6.07) is 11.8. The van der Waals surface area contributed by atoms with E-state index < -0.39 is 5.60 Å². The van der Waals surface area contributed by atoms with Crippen molar-refractivity contribution in [1.82, 2.24) is 4.90 Å². The monoisotopic (exact) mass is 345 g/mol. The molecule has 2 fully saturated rings. The Bertz CT molecular complexity index is 733. The molecule has 1 heterocycles. The molecule has 0 spiro atoms. The number of aliphatic hydroxyl groups is 1. The number of rotatable bonds is 2. The molecule has 0 aromatic heterocycles. The summed E-state index contributed by atoms with van der Waals surface area (Å²) < 4.78 is 1.03. The van der Waals surface area contributed by atoms with Crippen LogP contribution in [0.2, 0.25) is 0 Å². The fourth-order valence-corrected chi connectivity index (χ4v) is 3.55. The number of carbonyl (C=O) groups excluding carboxylic acids is 1. The highest BCUT2D eigenvalue weighted by Gasteiger charge is 2.53. The Balaban J connectivity index is 1.56. The number of halogens is 1. The van der Waals surface area contributed by atoms with Gasteiger partial charge in [0.15, 0.2) is 0 Å². The molecule has 1 N–H and O–H groups in total. The third-order valence-electron chi connectivity index (χ3n) is 4.60. The first-order valence-corrected chi connectivity index (χ1v) is 8.05. The Labute approximate surface area is 131 Å². The lowest BCUT2D eigenvalue weighted by Gasteiger charge is -2.47. The van der Waals surface area contributed by atoms with E-state index in [0.717, 1.165) is 28.1 Å². The zero-order chi connectivity index (χ0) is 14.6. The van der Waals surface area contributed by atoms with Crippen molar-refractivity contribution in [2.24, 2.45) is 5.92 Å². The lowest BCUT2D eigenvalue weighted by atomic mass is 9.88. The lowest BCUT2D eigenvalue weighted by molar-refractivity contribution is -0.0958. The van der Waals surface area contributed by atoms with Gasteiger partial charge >= 0.3 is 0 Å². The predicted octanol–water partition coefficient (Wildman–Crippen LogP) is 3.20. The average Bonchev–Trinajstić information content (AvgIpc) is 3.27. The summed E-state index contributed by atoms with van der Waals surface area (Å²) in [7, 11) is 0. The van der Waals surface area contributed by atoms with Crippen LogP contribution in [0.25, 0.3) is 10.8 Å². The van der Waals surface area contributed by atoms with E-state index in [2.05, 4.69) is 15.9 Å². The van der Waals surface area contributed by atoms with Gasteiger partial charge in [0.1, 0.15) is 5.60 Å². The number of benzene rings is 2. The average molecular weight is 346 g/mol. The number of β-amino-alcohol motifs (C(OH)–C–C–N with tert-alkyl or cyclic N) is 1. The minimum Gasteiger partial charge on any atom is -0.386 e. The van der Waals surface area contributed by atoms with E-state index in [1.807, 2.05) is 36.4 Å². The van der Waals surface area contributed by atoms with Gasteiger partial charge in [0.05, 0.1) is 13.1 Å². The van der Waals surface area contributed by atoms with Gasteiger partial charge in [-0.15, -0.1) is 0 Å². The Morgan fingerprint density at radius 3 is 2.52 bits per heavy atom. The maximum absolute atomic E-state index is 12.5. The van der Waals surface area contributed by atoms with Crippen LogP contribution in [0.3, 0.4) is 0 Å². The SMILES string of the molecule is O=C(c1ccc2cc(Br)ccc2c1)N1CC(O)(C2CC2)C1. The van der Waals surface area contributed by atoms with E-state index in [-0.39, 0.29) is 5.91 Å². The largest absolute Gasteiger partial charge is 0.386 e. The molecule has 0 radical (unpaired) electrons. The molecule has 1 saturated carbocycles. The van der Waals surface area contributed by atoms with E-state index in [1.54, 1.807) is 4.90 Å². The first kappa shape index (κ1) is 13.3. The van der Waals surface area contributed by atoms with Gasteiger partial charge in [-0.3, -0.25) is 4.79 Å². The van der Waals surface area contributed by atoms with E-state index in [9.17, 15) is 9.90 Å². The van der Waals surface area contributed by atoms with Crippen molar-refractivity contribution in [2.45, 2.75) is 18.4 Å². The van der Waals surface area contributed by atoms with E-state index in [1.165, 1.54) is 0 Å². The van der Waals surface area contributed by atoms with Crippen molar-refractivity contribution in [1.29, 1.82) is 0 Å². The summed E-state index contributed by atoms with van der Waals surface area (Å²) >= 11 is 3.45. The van der Waals surface area contributed by atoms with Crippen LogP contribution in [0.15, 0.2) is 40.9 Å². The highest BCUT2D eigenvalue weighted by molar-refractivity contribution is 9.10. The van der Waals surface area contributed by atoms with Crippen LogP contribution in [0.1, 0.15) is 23.2 Å². The molecule has 0 atom stereocenters. The number of nitrogens with zero attached hydrogens (tertiary/aromatic N) is 1. The second-order valence-corrected chi connectivity index (χ2v) is 7.16. The van der Waals surface area contributed by atoms with Gasteiger partial charge in [-0.1, -0.05) is 28.1 Å². The number of hydrogen-bond donors (Lipinski definition) is 1. The molecule has 2 aromatic rings. The van der Waals surface area contributed by atoms with Crippen molar-refractivity contribution in [3.8, 4) is 0 Å². The third-order valence-corrected chi connectivity index (χ3v) is 5.10. The molecule has 0 unspecified atom stereocenters. The minimum absolute atomic E-state index is 0.0187. The standard InChI is InChI=1S/C17H16BrNO2/c18-15-6-3-11-7-13(2-1-12(11)8-15)16(20)19-9-17(21,10-19)14-4-5-14/h1-3,6-8,14,21H,4-5,9-10H2. The molecule has 108 valence electrons. The number of amides is 1. The molecule has 1 amide bonds. The summed E-state index contributed by atoms with van der Waals surface area (Å²) in [5.41, 5.74) is 0.0832. The summed E-state index contributed by atoms with van der Waals surface area (Å²) in [6.45, 7) is 0.962. The normalized spacial score (nSPS) is 20.4. The quantitative estimate of drug-likeness (QED) is 0.907. The fraction of sp³-hybridized carbons (Fsp3) is 0.353. The van der Waals surface area contributed by atoms with Crippen LogP contribution >= 0.6 is 15.9 Å². The van der Waals surface area contributed by atoms with Crippen LogP contribution in [-0.4, -0.2) is 34.6 Å². The molecule has 1 aliphatic heterocycles. The molecule has 0 bridgehead atoms. The first-order valence-electron chi connectivity index (χ1n) is 7.26. The maximum atomic E-state index is 12.5. The molecule has 2 aliphatic rings. The van der Waals surface area contributed by atoms with Crippen molar-refractivity contribution >= 4 is 32.6 Å². The Hall–Kier alpha value is -1.39. The van der Waals surface area contributed by atoms with Crippen molar-refractivity contribution in [2.75, 3.05) is 13.1 Å². The smallest absolute Gasteiger partial charge is 0.254 e. The van der Waals surface area contributed by atoms with Gasteiger partial charge in [-0.25, -0.2) is 0 Å². The second kappa shape index (κ2) is 4.55. The zero-order valence-electron chi connectivity index (χ0n) is 11.6. The summed E-state index contributed by atoms with van der Waals surface area (Å²) in [4.78, 5) is 14.2. The summed E-state index contributed by atoms with van der Waals surface area (Å²) in [5.74, 6) is 0.431. The second-order valence-electron chi connectivity index (χ2n) is 6.25. The number of fused-ring (bicyclic) bond motifs is 1. The van der Waals surface area contributed by atoms with Crippen LogP contribution in [-0.2, 0) is 0 Å². The van der Waals surface area contributed by atoms with Crippen molar-refractivity contribution in [3.05, 3.63) is 46.4 Å². The van der Waals surface area contributed by atoms with Gasteiger partial charge in [0.2, 0.25) is 0 Å². The Morgan fingerprint density at radius 1 is 1.14 bits per heavy atom. The van der Waals surface area contributed by atoms with Crippen LogP contribution in [0.4, 0.5) is 0 Å². The van der Waals surface area contributed by atoms with Crippen molar-refractivity contribution < 1.29 is 9.90 Å². The summed E-state index contributed by atoms with van der Waals surface area (Å²) in [6.07, 6.45) is 2.20. The van der Waals surface area contributed by atoms with Gasteiger partial charge in [-0.2, -0.15) is 0 Å². The van der Waals surface area contributed by atoms with Crippen LogP contribution in [0, 0.1) is 5.92 Å². The molecule has 1 saturated heterocycles. The first-order chi connectivity index (χ1) is 10.0. The fourth-order valence-electron chi connectivity index (χ4n) is 3.17. The van der Waals surface area contributed by atoms with E-state index in [0.29, 0.717) is 24.6 Å². The number of hydrogen-bond acceptors (Lipinski definition) is 2. The van der Waals surface area contributed by atoms with Crippen molar-refractivity contribution in [3.63, 3.8) is 0 Å². The molecular formula is C17H16BrNO2. The summed E-state index contributed by atoms with van der Waals surface area (Å²) in [5, 5.41) is 12.5. The highest BCUT2D eigenvalue weighted by atomic mass is 79.9. The Kier molecular flexibility index (Phi) is 2.88. The topological polar surface area (TPSA) is 40.5 Å². The number of likely N-dealkylation sites (tertiary alicyclic amines) is 1. The van der Waals surface area contributed by atoms with Crippen LogP contribution in [0.5, 0.6) is 0 Å². The van der Waals surface area contributed by atoms with Gasteiger partial charge in [0, 0.05) is 10.0 Å². The highest BCUT2D eigenvalue weighted by Crippen LogP contribution is 2.44. The zero-order valence-corrected chi connectivity index (χ0v) is 13.1. The van der Waals surface area contributed by atoms with E-state index >= 15 is 0 Å². The molecule has 4 rings (SSSR count). The molecule has 3 nitrogen and oxygen atoms in total. The molecule has 2 aromatic carbocycles. The molecule has 21 heavy (non-hydrogen) atoms.